The van der Waals surface area contributed by atoms with E-state index in [4.69, 9.17) is 9.84 Å². The molecule has 0 radical (unpaired) electrons. The molecule has 166 valence electrons. The van der Waals surface area contributed by atoms with Crippen LogP contribution < -0.4 is 5.32 Å². The van der Waals surface area contributed by atoms with Gasteiger partial charge in [0, 0.05) is 37.4 Å². The van der Waals surface area contributed by atoms with E-state index in [0.29, 0.717) is 12.3 Å². The van der Waals surface area contributed by atoms with Crippen LogP contribution in [0.4, 0.5) is 4.79 Å². The third kappa shape index (κ3) is 4.80. The van der Waals surface area contributed by atoms with Gasteiger partial charge in [0.25, 0.3) is 0 Å². The van der Waals surface area contributed by atoms with E-state index in [0.717, 1.165) is 11.1 Å². The van der Waals surface area contributed by atoms with Crippen LogP contribution in [-0.4, -0.2) is 65.2 Å². The van der Waals surface area contributed by atoms with E-state index in [1.807, 2.05) is 24.3 Å². The highest BCUT2D eigenvalue weighted by Crippen LogP contribution is 2.44. The lowest BCUT2D eigenvalue weighted by atomic mass is 9.98. The standard InChI is InChI=1S/C24H24N2O5S/c27-22(26-12-13-32-21(14-26)23(28)29)10-5-11-25-24(30)31-15-20-18-8-3-1-6-16(18)17-7-2-4-9-19(17)20/h1-10,20-21H,11-15H2,(H,25,30)(H,28,29)/b10-5+. The van der Waals surface area contributed by atoms with Crippen molar-refractivity contribution in [2.24, 2.45) is 0 Å². The third-order valence-corrected chi connectivity index (χ3v) is 6.79. The number of carboxylic acid groups (broad SMARTS) is 1. The summed E-state index contributed by atoms with van der Waals surface area (Å²) in [5.74, 6) is -0.585. The maximum atomic E-state index is 12.2. The van der Waals surface area contributed by atoms with Crippen LogP contribution in [0.25, 0.3) is 11.1 Å². The van der Waals surface area contributed by atoms with Crippen LogP contribution in [-0.2, 0) is 14.3 Å². The molecule has 4 rings (SSSR count). The maximum absolute atomic E-state index is 12.2. The number of rotatable bonds is 6. The molecule has 2 N–H and O–H groups in total. The highest BCUT2D eigenvalue weighted by molar-refractivity contribution is 8.00. The summed E-state index contributed by atoms with van der Waals surface area (Å²) in [6.07, 6.45) is 2.35. The van der Waals surface area contributed by atoms with E-state index >= 15 is 0 Å². The fraction of sp³-hybridized carbons (Fsp3) is 0.292. The molecule has 1 saturated heterocycles. The van der Waals surface area contributed by atoms with E-state index < -0.39 is 17.3 Å². The molecule has 0 aromatic heterocycles. The van der Waals surface area contributed by atoms with Crippen molar-refractivity contribution in [3.05, 3.63) is 71.8 Å². The Morgan fingerprint density at radius 3 is 2.41 bits per heavy atom. The minimum atomic E-state index is -0.909. The summed E-state index contributed by atoms with van der Waals surface area (Å²) in [5.41, 5.74) is 4.62. The number of aliphatic carboxylic acids is 1. The van der Waals surface area contributed by atoms with Crippen LogP contribution in [0.2, 0.25) is 0 Å². The van der Waals surface area contributed by atoms with E-state index in [-0.39, 0.29) is 31.5 Å². The first-order valence-corrected chi connectivity index (χ1v) is 11.5. The number of hydrogen-bond acceptors (Lipinski definition) is 5. The first-order valence-electron chi connectivity index (χ1n) is 10.4. The van der Waals surface area contributed by atoms with Crippen LogP contribution in [0.5, 0.6) is 0 Å². The number of ether oxygens (including phenoxy) is 1. The van der Waals surface area contributed by atoms with Crippen LogP contribution in [0.3, 0.4) is 0 Å². The molecule has 2 aromatic carbocycles. The molecule has 32 heavy (non-hydrogen) atoms. The van der Waals surface area contributed by atoms with E-state index in [2.05, 4.69) is 29.6 Å². The number of hydrogen-bond donors (Lipinski definition) is 2. The Labute approximate surface area is 190 Å². The van der Waals surface area contributed by atoms with Crippen molar-refractivity contribution >= 4 is 29.7 Å². The minimum absolute atomic E-state index is 0.00979. The normalized spacial score (nSPS) is 17.6. The molecular weight excluding hydrogens is 428 g/mol. The number of carbonyl (C=O) groups is 3. The molecule has 1 atom stereocenters. The van der Waals surface area contributed by atoms with Crippen molar-refractivity contribution in [1.82, 2.24) is 10.2 Å². The van der Waals surface area contributed by atoms with Crippen LogP contribution in [0.15, 0.2) is 60.7 Å². The molecule has 8 heteroatoms. The molecule has 1 aliphatic carbocycles. The largest absolute Gasteiger partial charge is 0.480 e. The summed E-state index contributed by atoms with van der Waals surface area (Å²) < 4.78 is 5.46. The number of benzene rings is 2. The summed E-state index contributed by atoms with van der Waals surface area (Å²) in [7, 11) is 0. The number of nitrogens with zero attached hydrogens (tertiary/aromatic N) is 1. The number of nitrogens with one attached hydrogen (secondary N) is 1. The maximum Gasteiger partial charge on any atom is 0.407 e. The van der Waals surface area contributed by atoms with Crippen molar-refractivity contribution in [3.8, 4) is 11.1 Å². The Kier molecular flexibility index (Phi) is 6.80. The van der Waals surface area contributed by atoms with Crippen molar-refractivity contribution in [2.45, 2.75) is 11.2 Å². The van der Waals surface area contributed by atoms with Gasteiger partial charge in [0.15, 0.2) is 0 Å². The van der Waals surface area contributed by atoms with Crippen molar-refractivity contribution in [3.63, 3.8) is 0 Å². The lowest BCUT2D eigenvalue weighted by molar-refractivity contribution is -0.137. The first kappa shape index (κ1) is 22.0. The molecule has 0 bridgehead atoms. The second kappa shape index (κ2) is 9.91. The number of amides is 2. The summed E-state index contributed by atoms with van der Waals surface area (Å²) in [6, 6.07) is 16.3. The third-order valence-electron chi connectivity index (χ3n) is 5.62. The zero-order valence-electron chi connectivity index (χ0n) is 17.4. The molecule has 2 amide bonds. The van der Waals surface area contributed by atoms with E-state index in [1.165, 1.54) is 33.9 Å². The number of carbonyl (C=O) groups excluding carboxylic acids is 2. The summed E-state index contributed by atoms with van der Waals surface area (Å²) in [4.78, 5) is 37.0. The van der Waals surface area contributed by atoms with Crippen LogP contribution in [0.1, 0.15) is 17.0 Å². The number of alkyl carbamates (subject to hydrolysis) is 1. The Morgan fingerprint density at radius 1 is 1.09 bits per heavy atom. The average molecular weight is 453 g/mol. The van der Waals surface area contributed by atoms with Gasteiger partial charge in [0.1, 0.15) is 11.9 Å². The number of carboxylic acids is 1. The molecular formula is C24H24N2O5S. The second-order valence-electron chi connectivity index (χ2n) is 7.59. The molecule has 1 aliphatic heterocycles. The predicted molar refractivity (Wildman–Crippen MR) is 123 cm³/mol. The van der Waals surface area contributed by atoms with Gasteiger partial charge in [0.05, 0.1) is 0 Å². The molecule has 2 aromatic rings. The number of thioether (sulfide) groups is 1. The van der Waals surface area contributed by atoms with Gasteiger partial charge in [-0.3, -0.25) is 9.59 Å². The summed E-state index contributed by atoms with van der Waals surface area (Å²) in [5, 5.41) is 11.1. The molecule has 0 spiro atoms. The SMILES string of the molecule is O=C(NC/C=C/C(=O)N1CCSC(C(=O)O)C1)OCC1c2ccccc2-c2ccccc21. The van der Waals surface area contributed by atoms with Gasteiger partial charge in [0.2, 0.25) is 5.91 Å². The lowest BCUT2D eigenvalue weighted by Crippen LogP contribution is -2.44. The monoisotopic (exact) mass is 452 g/mol. The first-order chi connectivity index (χ1) is 15.5. The van der Waals surface area contributed by atoms with Crippen molar-refractivity contribution < 1.29 is 24.2 Å². The van der Waals surface area contributed by atoms with Gasteiger partial charge in [-0.25, -0.2) is 4.79 Å². The number of fused-ring (bicyclic) bond motifs is 3. The molecule has 1 heterocycles. The Balaban J connectivity index is 1.26. The van der Waals surface area contributed by atoms with Crippen LogP contribution >= 0.6 is 11.8 Å². The van der Waals surface area contributed by atoms with E-state index in [9.17, 15) is 14.4 Å². The quantitative estimate of drug-likeness (QED) is 0.654. The minimum Gasteiger partial charge on any atom is -0.480 e. The average Bonchev–Trinajstić information content (AvgIpc) is 3.14. The van der Waals surface area contributed by atoms with Gasteiger partial charge in [-0.15, -0.1) is 11.8 Å². The zero-order chi connectivity index (χ0) is 22.5. The second-order valence-corrected chi connectivity index (χ2v) is 8.90. The van der Waals surface area contributed by atoms with Gasteiger partial charge >= 0.3 is 12.1 Å². The van der Waals surface area contributed by atoms with E-state index in [1.54, 1.807) is 6.08 Å². The lowest BCUT2D eigenvalue weighted by Gasteiger charge is -2.29. The molecule has 2 aliphatic rings. The topological polar surface area (TPSA) is 95.9 Å². The van der Waals surface area contributed by atoms with Gasteiger partial charge in [-0.1, -0.05) is 54.6 Å². The van der Waals surface area contributed by atoms with Crippen LogP contribution in [0, 0.1) is 0 Å². The smallest absolute Gasteiger partial charge is 0.407 e. The summed E-state index contributed by atoms with van der Waals surface area (Å²) >= 11 is 1.34. The zero-order valence-corrected chi connectivity index (χ0v) is 18.2. The van der Waals surface area contributed by atoms with Gasteiger partial charge in [-0.05, 0) is 22.3 Å². The molecule has 1 fully saturated rings. The van der Waals surface area contributed by atoms with Crippen molar-refractivity contribution in [2.75, 3.05) is 32.0 Å². The van der Waals surface area contributed by atoms with Gasteiger partial charge < -0.3 is 20.1 Å². The Bertz CT molecular complexity index is 1010. The van der Waals surface area contributed by atoms with Crippen molar-refractivity contribution in [1.29, 1.82) is 0 Å². The fourth-order valence-corrected chi connectivity index (χ4v) is 5.09. The van der Waals surface area contributed by atoms with Gasteiger partial charge in [-0.2, -0.15) is 0 Å². The Hall–Kier alpha value is -3.26. The highest BCUT2D eigenvalue weighted by atomic mass is 32.2. The Morgan fingerprint density at radius 2 is 1.75 bits per heavy atom. The highest BCUT2D eigenvalue weighted by Gasteiger charge is 2.29. The molecule has 7 nitrogen and oxygen atoms in total. The molecule has 0 saturated carbocycles. The summed E-state index contributed by atoms with van der Waals surface area (Å²) in [6.45, 7) is 1.07. The predicted octanol–water partition coefficient (Wildman–Crippen LogP) is 3.11. The fourth-order valence-electron chi connectivity index (χ4n) is 4.06. The molecule has 1 unspecified atom stereocenters.